The van der Waals surface area contributed by atoms with Crippen molar-refractivity contribution in [3.8, 4) is 0 Å². The Kier molecular flexibility index (Phi) is 4.44. The standard InChI is InChI=1S/C16H25NO3/c1-18-9-3-15-4-11-20-16(15)5-7-17(8-6-16)12-14-2-10-19-13-14/h2,10,13,15H,3-9,11-12H2,1H3. The zero-order valence-electron chi connectivity index (χ0n) is 12.3. The highest BCUT2D eigenvalue weighted by Gasteiger charge is 2.45. The molecule has 2 aliphatic rings. The number of furan rings is 1. The largest absolute Gasteiger partial charge is 0.472 e. The molecule has 2 aliphatic heterocycles. The number of nitrogens with zero attached hydrogens (tertiary/aromatic N) is 1. The van der Waals surface area contributed by atoms with Gasteiger partial charge in [-0.1, -0.05) is 0 Å². The van der Waals surface area contributed by atoms with Crippen molar-refractivity contribution in [2.75, 3.05) is 33.4 Å². The molecule has 0 bridgehead atoms. The molecule has 4 heteroatoms. The summed E-state index contributed by atoms with van der Waals surface area (Å²) in [5, 5.41) is 0. The fourth-order valence-corrected chi connectivity index (χ4v) is 3.74. The fourth-order valence-electron chi connectivity index (χ4n) is 3.74. The summed E-state index contributed by atoms with van der Waals surface area (Å²) in [5.41, 5.74) is 1.40. The Morgan fingerprint density at radius 3 is 2.95 bits per heavy atom. The molecule has 112 valence electrons. The fraction of sp³-hybridized carbons (Fsp3) is 0.750. The van der Waals surface area contributed by atoms with Crippen LogP contribution in [0.1, 0.15) is 31.2 Å². The van der Waals surface area contributed by atoms with E-state index in [1.165, 1.54) is 12.0 Å². The first-order valence-electron chi connectivity index (χ1n) is 7.69. The molecule has 3 rings (SSSR count). The van der Waals surface area contributed by atoms with E-state index in [1.54, 1.807) is 13.4 Å². The number of ether oxygens (including phenoxy) is 2. The predicted molar refractivity (Wildman–Crippen MR) is 76.5 cm³/mol. The molecule has 0 saturated carbocycles. The summed E-state index contributed by atoms with van der Waals surface area (Å²) in [7, 11) is 1.79. The molecule has 1 aromatic heterocycles. The quantitative estimate of drug-likeness (QED) is 0.830. The van der Waals surface area contributed by atoms with E-state index in [1.807, 2.05) is 6.26 Å². The summed E-state index contributed by atoms with van der Waals surface area (Å²) in [6, 6.07) is 2.05. The molecular weight excluding hydrogens is 254 g/mol. The minimum atomic E-state index is 0.130. The molecule has 3 heterocycles. The van der Waals surface area contributed by atoms with Crippen molar-refractivity contribution in [1.82, 2.24) is 4.90 Å². The van der Waals surface area contributed by atoms with Gasteiger partial charge < -0.3 is 13.9 Å². The van der Waals surface area contributed by atoms with E-state index < -0.39 is 0 Å². The van der Waals surface area contributed by atoms with Crippen LogP contribution in [0.25, 0.3) is 0 Å². The van der Waals surface area contributed by atoms with Gasteiger partial charge in [-0.25, -0.2) is 0 Å². The van der Waals surface area contributed by atoms with Crippen LogP contribution in [-0.4, -0.2) is 43.9 Å². The van der Waals surface area contributed by atoms with Crippen molar-refractivity contribution in [1.29, 1.82) is 0 Å². The third-order valence-electron chi connectivity index (χ3n) is 4.96. The second-order valence-corrected chi connectivity index (χ2v) is 6.09. The first-order chi connectivity index (χ1) is 9.82. The number of hydrogen-bond acceptors (Lipinski definition) is 4. The van der Waals surface area contributed by atoms with Crippen molar-refractivity contribution in [3.05, 3.63) is 24.2 Å². The molecule has 2 saturated heterocycles. The zero-order valence-corrected chi connectivity index (χ0v) is 12.3. The van der Waals surface area contributed by atoms with E-state index in [0.29, 0.717) is 5.92 Å². The molecule has 2 fully saturated rings. The van der Waals surface area contributed by atoms with Crippen molar-refractivity contribution in [2.45, 2.75) is 37.8 Å². The summed E-state index contributed by atoms with van der Waals surface area (Å²) in [6.45, 7) is 5.02. The normalized spacial score (nSPS) is 26.4. The van der Waals surface area contributed by atoms with Crippen LogP contribution in [0, 0.1) is 5.92 Å². The maximum Gasteiger partial charge on any atom is 0.0947 e. The van der Waals surface area contributed by atoms with Crippen molar-refractivity contribution in [3.63, 3.8) is 0 Å². The van der Waals surface area contributed by atoms with Crippen molar-refractivity contribution in [2.24, 2.45) is 5.92 Å². The van der Waals surface area contributed by atoms with Crippen molar-refractivity contribution >= 4 is 0 Å². The Bertz CT molecular complexity index is 396. The minimum absolute atomic E-state index is 0.130. The second kappa shape index (κ2) is 6.29. The van der Waals surface area contributed by atoms with Crippen LogP contribution in [0.4, 0.5) is 0 Å². The van der Waals surface area contributed by atoms with E-state index in [0.717, 1.165) is 52.1 Å². The summed E-state index contributed by atoms with van der Waals surface area (Å²) >= 11 is 0. The summed E-state index contributed by atoms with van der Waals surface area (Å²) < 4.78 is 16.6. The maximum absolute atomic E-state index is 6.17. The number of hydrogen-bond donors (Lipinski definition) is 0. The third kappa shape index (κ3) is 2.92. The lowest BCUT2D eigenvalue weighted by Gasteiger charge is -2.42. The van der Waals surface area contributed by atoms with Gasteiger partial charge in [-0.05, 0) is 37.7 Å². The third-order valence-corrected chi connectivity index (χ3v) is 4.96. The van der Waals surface area contributed by atoms with Gasteiger partial charge in [-0.2, -0.15) is 0 Å². The molecule has 1 aromatic rings. The molecule has 0 amide bonds. The Labute approximate surface area is 121 Å². The van der Waals surface area contributed by atoms with Gasteiger partial charge in [-0.3, -0.25) is 4.90 Å². The number of methoxy groups -OCH3 is 1. The molecule has 4 nitrogen and oxygen atoms in total. The van der Waals surface area contributed by atoms with Gasteiger partial charge in [0.25, 0.3) is 0 Å². The maximum atomic E-state index is 6.17. The van der Waals surface area contributed by atoms with Crippen LogP contribution in [0.5, 0.6) is 0 Å². The summed E-state index contributed by atoms with van der Waals surface area (Å²) in [5.74, 6) is 0.679. The van der Waals surface area contributed by atoms with Gasteiger partial charge in [0.1, 0.15) is 0 Å². The van der Waals surface area contributed by atoms with Crippen LogP contribution < -0.4 is 0 Å². The lowest BCUT2D eigenvalue weighted by Crippen LogP contribution is -2.47. The topological polar surface area (TPSA) is 34.8 Å². The van der Waals surface area contributed by atoms with Gasteiger partial charge in [0.05, 0.1) is 18.1 Å². The highest BCUT2D eigenvalue weighted by atomic mass is 16.5. The second-order valence-electron chi connectivity index (χ2n) is 6.09. The van der Waals surface area contributed by atoms with Crippen LogP contribution in [0.3, 0.4) is 0 Å². The van der Waals surface area contributed by atoms with E-state index in [9.17, 15) is 0 Å². The van der Waals surface area contributed by atoms with E-state index >= 15 is 0 Å². The lowest BCUT2D eigenvalue weighted by atomic mass is 9.78. The molecule has 1 unspecified atom stereocenters. The van der Waals surface area contributed by atoms with Crippen molar-refractivity contribution < 1.29 is 13.9 Å². The Balaban J connectivity index is 1.54. The molecule has 1 atom stereocenters. The SMILES string of the molecule is COCCC1CCOC12CCN(Cc1ccoc1)CC2. The smallest absolute Gasteiger partial charge is 0.0947 e. The van der Waals surface area contributed by atoms with Gasteiger partial charge in [0, 0.05) is 45.5 Å². The van der Waals surface area contributed by atoms with Crippen LogP contribution in [0.15, 0.2) is 23.0 Å². The molecule has 1 spiro atoms. The number of likely N-dealkylation sites (tertiary alicyclic amines) is 1. The molecule has 0 aliphatic carbocycles. The molecule has 0 radical (unpaired) electrons. The van der Waals surface area contributed by atoms with Gasteiger partial charge in [0.2, 0.25) is 0 Å². The molecule has 0 aromatic carbocycles. The van der Waals surface area contributed by atoms with E-state index in [2.05, 4.69) is 11.0 Å². The monoisotopic (exact) mass is 279 g/mol. The predicted octanol–water partition coefficient (Wildman–Crippen LogP) is 2.69. The van der Waals surface area contributed by atoms with E-state index in [-0.39, 0.29) is 5.60 Å². The Hall–Kier alpha value is -0.840. The summed E-state index contributed by atoms with van der Waals surface area (Å²) in [6.07, 6.45) is 8.24. The van der Waals surface area contributed by atoms with Gasteiger partial charge >= 0.3 is 0 Å². The number of piperidine rings is 1. The highest BCUT2D eigenvalue weighted by molar-refractivity contribution is 5.06. The first-order valence-corrected chi connectivity index (χ1v) is 7.69. The number of rotatable bonds is 5. The minimum Gasteiger partial charge on any atom is -0.472 e. The van der Waals surface area contributed by atoms with Crippen LogP contribution in [0.2, 0.25) is 0 Å². The summed E-state index contributed by atoms with van der Waals surface area (Å²) in [4.78, 5) is 2.51. The van der Waals surface area contributed by atoms with Crippen LogP contribution in [-0.2, 0) is 16.0 Å². The molecule has 0 N–H and O–H groups in total. The molecule has 20 heavy (non-hydrogen) atoms. The Morgan fingerprint density at radius 1 is 1.40 bits per heavy atom. The average molecular weight is 279 g/mol. The van der Waals surface area contributed by atoms with Gasteiger partial charge in [-0.15, -0.1) is 0 Å². The first kappa shape index (κ1) is 14.1. The Morgan fingerprint density at radius 2 is 2.25 bits per heavy atom. The zero-order chi connectivity index (χ0) is 13.8. The van der Waals surface area contributed by atoms with Gasteiger partial charge in [0.15, 0.2) is 0 Å². The van der Waals surface area contributed by atoms with E-state index in [4.69, 9.17) is 13.9 Å². The molecular formula is C16H25NO3. The van der Waals surface area contributed by atoms with Crippen LogP contribution >= 0.6 is 0 Å². The average Bonchev–Trinajstić information content (AvgIpc) is 3.10. The highest BCUT2D eigenvalue weighted by Crippen LogP contribution is 2.42. The lowest BCUT2D eigenvalue weighted by molar-refractivity contribution is -0.0721.